The molecule has 2 aromatic rings. The normalized spacial score (nSPS) is 10.7. The van der Waals surface area contributed by atoms with Crippen molar-refractivity contribution in [2.24, 2.45) is 0 Å². The number of anilines is 2. The number of rotatable bonds is 8. The van der Waals surface area contributed by atoms with Crippen molar-refractivity contribution in [3.63, 3.8) is 0 Å². The van der Waals surface area contributed by atoms with Crippen molar-refractivity contribution in [2.45, 2.75) is 26.2 Å². The number of nitrogens with zero attached hydrogens (tertiary/aromatic N) is 1. The number of nitrogens with one attached hydrogen (secondary N) is 2. The van der Waals surface area contributed by atoms with Crippen LogP contribution < -0.4 is 10.6 Å². The maximum absolute atomic E-state index is 12.3. The molecule has 0 bridgehead atoms. The number of esters is 1. The number of nitriles is 1. The average Bonchev–Trinajstić information content (AvgIpc) is 2.73. The fraction of sp³-hybridized carbons (Fsp3) is 0.227. The van der Waals surface area contributed by atoms with E-state index in [1.165, 1.54) is 18.9 Å². The number of aryl methyl sites for hydroxylation is 1. The van der Waals surface area contributed by atoms with Crippen LogP contribution >= 0.6 is 0 Å². The second-order valence-electron chi connectivity index (χ2n) is 6.14. The van der Waals surface area contributed by atoms with Crippen LogP contribution in [0.15, 0.2) is 60.3 Å². The van der Waals surface area contributed by atoms with Gasteiger partial charge >= 0.3 is 5.97 Å². The predicted molar refractivity (Wildman–Crippen MR) is 109 cm³/mol. The Morgan fingerprint density at radius 3 is 2.29 bits per heavy atom. The van der Waals surface area contributed by atoms with Gasteiger partial charge in [0.2, 0.25) is 0 Å². The Bertz CT molecular complexity index is 879. The van der Waals surface area contributed by atoms with Crippen molar-refractivity contribution in [1.82, 2.24) is 0 Å². The highest BCUT2D eigenvalue weighted by Gasteiger charge is 2.10. The highest BCUT2D eigenvalue weighted by Crippen LogP contribution is 2.14. The molecule has 6 heteroatoms. The number of carbonyl (C=O) groups excluding carboxylic acids is 2. The maximum Gasteiger partial charge on any atom is 0.337 e. The van der Waals surface area contributed by atoms with E-state index in [0.717, 1.165) is 19.3 Å². The molecule has 0 saturated heterocycles. The van der Waals surface area contributed by atoms with Crippen LogP contribution in [0, 0.1) is 11.3 Å². The van der Waals surface area contributed by atoms with Crippen LogP contribution in [0.4, 0.5) is 11.4 Å². The second kappa shape index (κ2) is 10.5. The Balaban J connectivity index is 1.98. The minimum absolute atomic E-state index is 0.0629. The Morgan fingerprint density at radius 1 is 1.07 bits per heavy atom. The zero-order valence-corrected chi connectivity index (χ0v) is 16.0. The molecule has 144 valence electrons. The van der Waals surface area contributed by atoms with Gasteiger partial charge < -0.3 is 15.4 Å². The fourth-order valence-corrected chi connectivity index (χ4v) is 2.46. The summed E-state index contributed by atoms with van der Waals surface area (Å²) in [6.45, 7) is 2.14. The van der Waals surface area contributed by atoms with Gasteiger partial charge in [-0.2, -0.15) is 5.26 Å². The molecule has 0 aliphatic rings. The lowest BCUT2D eigenvalue weighted by atomic mass is 10.1. The van der Waals surface area contributed by atoms with Crippen LogP contribution in [0.25, 0.3) is 0 Å². The van der Waals surface area contributed by atoms with Crippen molar-refractivity contribution in [1.29, 1.82) is 5.26 Å². The molecule has 1 amide bonds. The van der Waals surface area contributed by atoms with Gasteiger partial charge in [0.05, 0.1) is 12.7 Å². The summed E-state index contributed by atoms with van der Waals surface area (Å²) in [5, 5.41) is 14.9. The van der Waals surface area contributed by atoms with Crippen LogP contribution in [-0.4, -0.2) is 19.0 Å². The predicted octanol–water partition coefficient (Wildman–Crippen LogP) is 4.27. The van der Waals surface area contributed by atoms with Gasteiger partial charge in [-0.1, -0.05) is 25.5 Å². The zero-order chi connectivity index (χ0) is 20.4. The summed E-state index contributed by atoms with van der Waals surface area (Å²) in [6.07, 6.45) is 4.59. The molecule has 0 spiro atoms. The van der Waals surface area contributed by atoms with E-state index in [1.54, 1.807) is 24.3 Å². The fourth-order valence-electron chi connectivity index (χ4n) is 2.46. The van der Waals surface area contributed by atoms with Gasteiger partial charge in [-0.15, -0.1) is 0 Å². The van der Waals surface area contributed by atoms with E-state index in [9.17, 15) is 14.9 Å². The quantitative estimate of drug-likeness (QED) is 0.407. The largest absolute Gasteiger partial charge is 0.465 e. The van der Waals surface area contributed by atoms with Crippen molar-refractivity contribution < 1.29 is 14.3 Å². The first kappa shape index (κ1) is 20.7. The third kappa shape index (κ3) is 5.99. The Kier molecular flexibility index (Phi) is 7.79. The standard InChI is InChI=1S/C22H23N3O3/c1-3-4-5-16-6-10-20(11-7-16)25-21(26)18(14-23)15-24-19-12-8-17(9-13-19)22(27)28-2/h6-13,15,24H,3-5H2,1-2H3,(H,25,26)/b18-15-. The Hall–Kier alpha value is -3.59. The van der Waals surface area contributed by atoms with E-state index in [2.05, 4.69) is 22.3 Å². The molecule has 0 aliphatic carbocycles. The third-order valence-corrected chi connectivity index (χ3v) is 4.09. The van der Waals surface area contributed by atoms with Crippen LogP contribution in [0.1, 0.15) is 35.7 Å². The van der Waals surface area contributed by atoms with E-state index < -0.39 is 11.9 Å². The van der Waals surface area contributed by atoms with Crippen LogP contribution in [0.5, 0.6) is 0 Å². The summed E-state index contributed by atoms with van der Waals surface area (Å²) in [6, 6.07) is 16.0. The van der Waals surface area contributed by atoms with Gasteiger partial charge in [-0.3, -0.25) is 4.79 Å². The number of hydrogen-bond donors (Lipinski definition) is 2. The summed E-state index contributed by atoms with van der Waals surface area (Å²) >= 11 is 0. The monoisotopic (exact) mass is 377 g/mol. The lowest BCUT2D eigenvalue weighted by Gasteiger charge is -2.07. The first-order valence-corrected chi connectivity index (χ1v) is 9.02. The molecule has 2 N–H and O–H groups in total. The van der Waals surface area contributed by atoms with Crippen molar-refractivity contribution in [2.75, 3.05) is 17.7 Å². The molecule has 28 heavy (non-hydrogen) atoms. The minimum Gasteiger partial charge on any atom is -0.465 e. The molecule has 0 saturated carbocycles. The molecular formula is C22H23N3O3. The summed E-state index contributed by atoms with van der Waals surface area (Å²) in [5.41, 5.74) is 2.83. The molecule has 0 unspecified atom stereocenters. The first-order chi connectivity index (χ1) is 13.6. The van der Waals surface area contributed by atoms with E-state index >= 15 is 0 Å². The third-order valence-electron chi connectivity index (χ3n) is 4.09. The molecule has 2 rings (SSSR count). The molecule has 0 radical (unpaired) electrons. The summed E-state index contributed by atoms with van der Waals surface area (Å²) in [4.78, 5) is 23.7. The second-order valence-corrected chi connectivity index (χ2v) is 6.14. The van der Waals surface area contributed by atoms with Crippen LogP contribution in [-0.2, 0) is 16.0 Å². The van der Waals surface area contributed by atoms with E-state index in [-0.39, 0.29) is 5.57 Å². The Labute approximate surface area is 164 Å². The van der Waals surface area contributed by atoms with Crippen molar-refractivity contribution >= 4 is 23.3 Å². The van der Waals surface area contributed by atoms with E-state index in [0.29, 0.717) is 16.9 Å². The number of hydrogen-bond acceptors (Lipinski definition) is 5. The van der Waals surface area contributed by atoms with Gasteiger partial charge in [-0.05, 0) is 54.8 Å². The average molecular weight is 377 g/mol. The number of unbranched alkanes of at least 4 members (excludes halogenated alkanes) is 1. The van der Waals surface area contributed by atoms with Crippen LogP contribution in [0.2, 0.25) is 0 Å². The van der Waals surface area contributed by atoms with E-state index in [4.69, 9.17) is 0 Å². The zero-order valence-electron chi connectivity index (χ0n) is 16.0. The van der Waals surface area contributed by atoms with Gasteiger partial charge in [0.15, 0.2) is 0 Å². The van der Waals surface area contributed by atoms with Gasteiger partial charge in [0, 0.05) is 17.6 Å². The van der Waals surface area contributed by atoms with Gasteiger partial charge in [0.1, 0.15) is 11.6 Å². The molecule has 0 atom stereocenters. The summed E-state index contributed by atoms with van der Waals surface area (Å²) in [5.74, 6) is -0.928. The number of benzene rings is 2. The molecule has 0 fully saturated rings. The molecular weight excluding hydrogens is 354 g/mol. The van der Waals surface area contributed by atoms with Gasteiger partial charge in [-0.25, -0.2) is 4.79 Å². The van der Waals surface area contributed by atoms with Crippen molar-refractivity contribution in [3.8, 4) is 6.07 Å². The molecule has 0 aromatic heterocycles. The number of amides is 1. The van der Waals surface area contributed by atoms with Gasteiger partial charge in [0.25, 0.3) is 5.91 Å². The lowest BCUT2D eigenvalue weighted by molar-refractivity contribution is -0.112. The van der Waals surface area contributed by atoms with Crippen LogP contribution in [0.3, 0.4) is 0 Å². The lowest BCUT2D eigenvalue weighted by Crippen LogP contribution is -2.14. The number of ether oxygens (including phenoxy) is 1. The summed E-state index contributed by atoms with van der Waals surface area (Å²) in [7, 11) is 1.31. The highest BCUT2D eigenvalue weighted by atomic mass is 16.5. The SMILES string of the molecule is CCCCc1ccc(NC(=O)/C(C#N)=C\Nc2ccc(C(=O)OC)cc2)cc1. The molecule has 0 heterocycles. The smallest absolute Gasteiger partial charge is 0.337 e. The number of methoxy groups -OCH3 is 1. The maximum atomic E-state index is 12.3. The molecule has 2 aromatic carbocycles. The minimum atomic E-state index is -0.498. The summed E-state index contributed by atoms with van der Waals surface area (Å²) < 4.78 is 4.64. The highest BCUT2D eigenvalue weighted by molar-refractivity contribution is 6.06. The van der Waals surface area contributed by atoms with E-state index in [1.807, 2.05) is 30.3 Å². The molecule has 6 nitrogen and oxygen atoms in total. The first-order valence-electron chi connectivity index (χ1n) is 9.02. The molecule has 0 aliphatic heterocycles. The van der Waals surface area contributed by atoms with Crippen molar-refractivity contribution in [3.05, 3.63) is 71.4 Å². The topological polar surface area (TPSA) is 91.2 Å². The number of carbonyl (C=O) groups is 2. The Morgan fingerprint density at radius 2 is 1.71 bits per heavy atom.